The minimum atomic E-state index is -0.488. The standard InChI is InChI=1S/C17H25N3O2/c1-12(2)14-7-6-13(11-19-14)16(22)20-17(10-15(18)21)8-4-3-5-9-17/h6-7,11-12H,3-5,8-10H2,1-2H3,(H2,18,21)(H,20,22). The summed E-state index contributed by atoms with van der Waals surface area (Å²) in [6.07, 6.45) is 6.58. The molecule has 0 saturated heterocycles. The zero-order chi connectivity index (χ0) is 16.2. The molecule has 1 heterocycles. The highest BCUT2D eigenvalue weighted by atomic mass is 16.2. The van der Waals surface area contributed by atoms with Gasteiger partial charge in [-0.3, -0.25) is 14.6 Å². The lowest BCUT2D eigenvalue weighted by Crippen LogP contribution is -2.52. The summed E-state index contributed by atoms with van der Waals surface area (Å²) in [5.74, 6) is -0.210. The van der Waals surface area contributed by atoms with E-state index in [-0.39, 0.29) is 18.2 Å². The molecule has 5 nitrogen and oxygen atoms in total. The summed E-state index contributed by atoms with van der Waals surface area (Å²) in [4.78, 5) is 28.2. The van der Waals surface area contributed by atoms with Gasteiger partial charge in [0.05, 0.1) is 5.56 Å². The van der Waals surface area contributed by atoms with Crippen molar-refractivity contribution in [1.82, 2.24) is 10.3 Å². The van der Waals surface area contributed by atoms with E-state index in [9.17, 15) is 9.59 Å². The summed E-state index contributed by atoms with van der Waals surface area (Å²) in [7, 11) is 0. The molecule has 2 amide bonds. The van der Waals surface area contributed by atoms with Gasteiger partial charge in [0.2, 0.25) is 5.91 Å². The number of hydrogen-bond donors (Lipinski definition) is 2. The molecule has 0 aromatic carbocycles. The average Bonchev–Trinajstić information content (AvgIpc) is 2.47. The minimum absolute atomic E-state index is 0.175. The number of hydrogen-bond acceptors (Lipinski definition) is 3. The van der Waals surface area contributed by atoms with Crippen LogP contribution in [0, 0.1) is 0 Å². The minimum Gasteiger partial charge on any atom is -0.370 e. The third-order valence-corrected chi connectivity index (χ3v) is 4.34. The lowest BCUT2D eigenvalue weighted by molar-refractivity contribution is -0.119. The summed E-state index contributed by atoms with van der Waals surface area (Å²) in [5.41, 5.74) is 6.37. The summed E-state index contributed by atoms with van der Waals surface area (Å²) >= 11 is 0. The van der Waals surface area contributed by atoms with Crippen LogP contribution >= 0.6 is 0 Å². The molecule has 120 valence electrons. The molecule has 1 aromatic heterocycles. The van der Waals surface area contributed by atoms with Gasteiger partial charge < -0.3 is 11.1 Å². The molecule has 0 aliphatic heterocycles. The van der Waals surface area contributed by atoms with Gasteiger partial charge in [-0.1, -0.05) is 33.1 Å². The van der Waals surface area contributed by atoms with Crippen LogP contribution in [0.3, 0.4) is 0 Å². The second-order valence-electron chi connectivity index (χ2n) is 6.56. The van der Waals surface area contributed by atoms with Crippen LogP contribution in [0.1, 0.15) is 74.3 Å². The van der Waals surface area contributed by atoms with Gasteiger partial charge in [-0.25, -0.2) is 0 Å². The summed E-state index contributed by atoms with van der Waals surface area (Å²) in [5, 5.41) is 3.05. The van der Waals surface area contributed by atoms with E-state index in [0.717, 1.165) is 37.8 Å². The molecule has 1 saturated carbocycles. The molecule has 3 N–H and O–H groups in total. The number of pyridine rings is 1. The normalized spacial score (nSPS) is 17.2. The van der Waals surface area contributed by atoms with Crippen LogP contribution in [0.2, 0.25) is 0 Å². The molecular formula is C17H25N3O2. The number of nitrogens with zero attached hydrogens (tertiary/aromatic N) is 1. The van der Waals surface area contributed by atoms with E-state index in [2.05, 4.69) is 24.1 Å². The average molecular weight is 303 g/mol. The van der Waals surface area contributed by atoms with Crippen LogP contribution in [-0.4, -0.2) is 22.3 Å². The maximum absolute atomic E-state index is 12.5. The number of carbonyl (C=O) groups excluding carboxylic acids is 2. The second-order valence-corrected chi connectivity index (χ2v) is 6.56. The fourth-order valence-electron chi connectivity index (χ4n) is 3.10. The lowest BCUT2D eigenvalue weighted by Gasteiger charge is -2.37. The molecule has 1 aliphatic carbocycles. The van der Waals surface area contributed by atoms with Gasteiger partial charge in [0.15, 0.2) is 0 Å². The van der Waals surface area contributed by atoms with E-state index < -0.39 is 5.54 Å². The Hall–Kier alpha value is -1.91. The number of amides is 2. The van der Waals surface area contributed by atoms with Crippen LogP contribution in [0.25, 0.3) is 0 Å². The SMILES string of the molecule is CC(C)c1ccc(C(=O)NC2(CC(N)=O)CCCCC2)cn1. The third-order valence-electron chi connectivity index (χ3n) is 4.34. The number of nitrogens with two attached hydrogens (primary N) is 1. The molecule has 1 aliphatic rings. The Bertz CT molecular complexity index is 531. The Kier molecular flexibility index (Phi) is 5.16. The van der Waals surface area contributed by atoms with E-state index in [1.807, 2.05) is 6.07 Å². The van der Waals surface area contributed by atoms with Crippen molar-refractivity contribution in [2.75, 3.05) is 0 Å². The number of nitrogens with one attached hydrogen (secondary N) is 1. The molecule has 5 heteroatoms. The number of rotatable bonds is 5. The van der Waals surface area contributed by atoms with E-state index in [1.54, 1.807) is 12.3 Å². The molecule has 0 spiro atoms. The van der Waals surface area contributed by atoms with Gasteiger partial charge in [0.25, 0.3) is 5.91 Å². The van der Waals surface area contributed by atoms with Gasteiger partial charge in [0, 0.05) is 23.9 Å². The number of aromatic nitrogens is 1. The Balaban J connectivity index is 2.11. The zero-order valence-corrected chi connectivity index (χ0v) is 13.4. The Morgan fingerprint density at radius 2 is 1.95 bits per heavy atom. The van der Waals surface area contributed by atoms with E-state index in [1.165, 1.54) is 0 Å². The molecule has 0 unspecified atom stereocenters. The van der Waals surface area contributed by atoms with Gasteiger partial charge in [0.1, 0.15) is 0 Å². The Morgan fingerprint density at radius 3 is 2.45 bits per heavy atom. The molecule has 1 fully saturated rings. The summed E-state index contributed by atoms with van der Waals surface area (Å²) < 4.78 is 0. The monoisotopic (exact) mass is 303 g/mol. The van der Waals surface area contributed by atoms with Crippen LogP contribution in [0.4, 0.5) is 0 Å². The van der Waals surface area contributed by atoms with Crippen molar-refractivity contribution in [2.45, 2.75) is 63.8 Å². The van der Waals surface area contributed by atoms with Crippen molar-refractivity contribution in [3.63, 3.8) is 0 Å². The predicted molar refractivity (Wildman–Crippen MR) is 85.4 cm³/mol. The van der Waals surface area contributed by atoms with Crippen molar-refractivity contribution in [3.05, 3.63) is 29.6 Å². The molecule has 1 aromatic rings. The van der Waals surface area contributed by atoms with Gasteiger partial charge >= 0.3 is 0 Å². The maximum Gasteiger partial charge on any atom is 0.253 e. The van der Waals surface area contributed by atoms with E-state index in [4.69, 9.17) is 5.73 Å². The van der Waals surface area contributed by atoms with Crippen LogP contribution in [-0.2, 0) is 4.79 Å². The fraction of sp³-hybridized carbons (Fsp3) is 0.588. The first-order valence-corrected chi connectivity index (χ1v) is 7.99. The summed E-state index contributed by atoms with van der Waals surface area (Å²) in [6.45, 7) is 4.12. The number of carbonyl (C=O) groups is 2. The highest BCUT2D eigenvalue weighted by molar-refractivity contribution is 5.94. The predicted octanol–water partition coefficient (Wildman–Crippen LogP) is 2.51. The van der Waals surface area contributed by atoms with Crippen molar-refractivity contribution in [2.24, 2.45) is 5.73 Å². The molecule has 0 bridgehead atoms. The quantitative estimate of drug-likeness (QED) is 0.876. The first-order chi connectivity index (χ1) is 10.4. The zero-order valence-electron chi connectivity index (χ0n) is 13.4. The maximum atomic E-state index is 12.5. The molecular weight excluding hydrogens is 278 g/mol. The van der Waals surface area contributed by atoms with Gasteiger partial charge in [-0.15, -0.1) is 0 Å². The van der Waals surface area contributed by atoms with Crippen molar-refractivity contribution < 1.29 is 9.59 Å². The van der Waals surface area contributed by atoms with Crippen molar-refractivity contribution >= 4 is 11.8 Å². The third kappa shape index (κ3) is 4.06. The Labute approximate surface area is 131 Å². The van der Waals surface area contributed by atoms with Gasteiger partial charge in [-0.2, -0.15) is 0 Å². The van der Waals surface area contributed by atoms with Crippen molar-refractivity contribution in [1.29, 1.82) is 0 Å². The van der Waals surface area contributed by atoms with E-state index in [0.29, 0.717) is 11.5 Å². The number of primary amides is 1. The largest absolute Gasteiger partial charge is 0.370 e. The first kappa shape index (κ1) is 16.5. The molecule has 22 heavy (non-hydrogen) atoms. The van der Waals surface area contributed by atoms with Crippen LogP contribution < -0.4 is 11.1 Å². The van der Waals surface area contributed by atoms with E-state index >= 15 is 0 Å². The smallest absolute Gasteiger partial charge is 0.253 e. The topological polar surface area (TPSA) is 85.1 Å². The van der Waals surface area contributed by atoms with Gasteiger partial charge in [-0.05, 0) is 30.9 Å². The highest BCUT2D eigenvalue weighted by Crippen LogP contribution is 2.31. The molecule has 2 rings (SSSR count). The fourth-order valence-corrected chi connectivity index (χ4v) is 3.10. The highest BCUT2D eigenvalue weighted by Gasteiger charge is 2.35. The van der Waals surface area contributed by atoms with Crippen LogP contribution in [0.15, 0.2) is 18.3 Å². The molecule has 0 radical (unpaired) electrons. The second kappa shape index (κ2) is 6.90. The lowest BCUT2D eigenvalue weighted by atomic mass is 9.79. The Morgan fingerprint density at radius 1 is 1.27 bits per heavy atom. The van der Waals surface area contributed by atoms with Crippen LogP contribution in [0.5, 0.6) is 0 Å². The first-order valence-electron chi connectivity index (χ1n) is 7.99. The summed E-state index contributed by atoms with van der Waals surface area (Å²) in [6, 6.07) is 3.67. The molecule has 0 atom stereocenters. The van der Waals surface area contributed by atoms with Crippen molar-refractivity contribution in [3.8, 4) is 0 Å².